The first kappa shape index (κ1) is 22.7. The summed E-state index contributed by atoms with van der Waals surface area (Å²) in [5.41, 5.74) is 0. The van der Waals surface area contributed by atoms with Gasteiger partial charge in [-0.2, -0.15) is 0 Å². The van der Waals surface area contributed by atoms with Crippen LogP contribution in [0, 0.1) is 0 Å². The highest BCUT2D eigenvalue weighted by atomic mass is 79.9. The van der Waals surface area contributed by atoms with Crippen molar-refractivity contribution in [3.63, 3.8) is 0 Å². The average molecular weight is 646 g/mol. The van der Waals surface area contributed by atoms with Crippen molar-refractivity contribution in [2.45, 2.75) is 9.79 Å². The molecule has 0 saturated carbocycles. The lowest BCUT2D eigenvalue weighted by Gasteiger charge is -2.14. The van der Waals surface area contributed by atoms with Crippen LogP contribution in [0.2, 0.25) is 0 Å². The summed E-state index contributed by atoms with van der Waals surface area (Å²) in [5.74, 6) is 1.01. The Hall–Kier alpha value is -0.610. The number of rotatable bonds is 8. The van der Waals surface area contributed by atoms with Crippen LogP contribution in [0.4, 0.5) is 0 Å². The van der Waals surface area contributed by atoms with Gasteiger partial charge in [0.25, 0.3) is 0 Å². The fraction of sp³-hybridized carbons (Fsp3) is 0.111. The van der Waals surface area contributed by atoms with Crippen LogP contribution in [0.3, 0.4) is 0 Å². The van der Waals surface area contributed by atoms with E-state index in [0.717, 1.165) is 0 Å². The summed E-state index contributed by atoms with van der Waals surface area (Å²) in [5, 5.41) is 0. The van der Waals surface area contributed by atoms with E-state index in [1.165, 1.54) is 24.3 Å². The predicted octanol–water partition coefficient (Wildman–Crippen LogP) is 6.70. The molecule has 27 heavy (non-hydrogen) atoms. The van der Waals surface area contributed by atoms with Crippen molar-refractivity contribution in [2.75, 3.05) is 13.2 Å². The maximum atomic E-state index is 13.1. The van der Waals surface area contributed by atoms with Crippen LogP contribution < -0.4 is 9.47 Å². The molecule has 4 nitrogen and oxygen atoms in total. The molecule has 0 heterocycles. The third kappa shape index (κ3) is 5.26. The Morgan fingerprint density at radius 3 is 1.30 bits per heavy atom. The molecule has 0 aromatic heterocycles. The number of hydrogen-bond donors (Lipinski definition) is 0. The van der Waals surface area contributed by atoms with Crippen molar-refractivity contribution in [3.8, 4) is 11.5 Å². The number of halogens is 4. The van der Waals surface area contributed by atoms with Gasteiger partial charge < -0.3 is 9.47 Å². The lowest BCUT2D eigenvalue weighted by atomic mass is 10.3. The van der Waals surface area contributed by atoms with Gasteiger partial charge in [-0.1, -0.05) is 25.3 Å². The summed E-state index contributed by atoms with van der Waals surface area (Å²) >= 11 is 13.4. The fourth-order valence-electron chi connectivity index (χ4n) is 2.08. The molecule has 0 aliphatic rings. The molecule has 0 N–H and O–H groups in total. The quantitative estimate of drug-likeness (QED) is 0.300. The van der Waals surface area contributed by atoms with Crippen molar-refractivity contribution in [3.05, 3.63) is 67.5 Å². The van der Waals surface area contributed by atoms with Gasteiger partial charge in [0.1, 0.15) is 24.7 Å². The van der Waals surface area contributed by atoms with Crippen molar-refractivity contribution in [1.82, 2.24) is 0 Å². The standard InChI is InChI=1S/C18H14Br4O4S/c1-3-5-25-17-13(19)7-11(8-14(17)20)27(23,24)12-9-15(21)18(16(22)10-12)26-6-4-2/h3-4,7-10H,1-2,5-6H2. The van der Waals surface area contributed by atoms with E-state index >= 15 is 0 Å². The molecule has 2 rings (SSSR count). The summed E-state index contributed by atoms with van der Waals surface area (Å²) in [6.45, 7) is 7.80. The molecular weight excluding hydrogens is 632 g/mol. The molecule has 0 unspecified atom stereocenters. The van der Waals surface area contributed by atoms with Gasteiger partial charge in [0.05, 0.1) is 27.7 Å². The Morgan fingerprint density at radius 2 is 1.04 bits per heavy atom. The number of ether oxygens (including phenoxy) is 2. The van der Waals surface area contributed by atoms with E-state index in [-0.39, 0.29) is 9.79 Å². The highest BCUT2D eigenvalue weighted by Gasteiger charge is 2.23. The molecular formula is C18H14Br4O4S. The van der Waals surface area contributed by atoms with Gasteiger partial charge in [0.15, 0.2) is 0 Å². The average Bonchev–Trinajstić information content (AvgIpc) is 2.60. The minimum atomic E-state index is -3.77. The molecule has 144 valence electrons. The molecule has 0 atom stereocenters. The Kier molecular flexibility index (Phi) is 8.18. The summed E-state index contributed by atoms with van der Waals surface area (Å²) in [6, 6.07) is 6.01. The Bertz CT molecular complexity index is 867. The zero-order chi connectivity index (χ0) is 20.2. The lowest BCUT2D eigenvalue weighted by molar-refractivity contribution is 0.358. The molecule has 0 bridgehead atoms. The molecule has 9 heteroatoms. The second kappa shape index (κ2) is 9.73. The summed E-state index contributed by atoms with van der Waals surface area (Å²) in [7, 11) is -3.77. The number of sulfone groups is 1. The van der Waals surface area contributed by atoms with Gasteiger partial charge in [-0.05, 0) is 88.0 Å². The van der Waals surface area contributed by atoms with E-state index in [2.05, 4.69) is 76.9 Å². The third-order valence-corrected chi connectivity index (χ3v) is 7.32. The van der Waals surface area contributed by atoms with Gasteiger partial charge >= 0.3 is 0 Å². The normalized spacial score (nSPS) is 11.1. The maximum Gasteiger partial charge on any atom is 0.206 e. The molecule has 0 aliphatic heterocycles. The highest BCUT2D eigenvalue weighted by Crippen LogP contribution is 2.40. The molecule has 0 spiro atoms. The maximum absolute atomic E-state index is 13.1. The van der Waals surface area contributed by atoms with Crippen LogP contribution in [-0.4, -0.2) is 21.6 Å². The Balaban J connectivity index is 2.50. The molecule has 2 aromatic carbocycles. The first-order valence-corrected chi connectivity index (χ1v) is 12.1. The van der Waals surface area contributed by atoms with Gasteiger partial charge in [-0.3, -0.25) is 0 Å². The van der Waals surface area contributed by atoms with E-state index in [0.29, 0.717) is 42.6 Å². The monoisotopic (exact) mass is 642 g/mol. The zero-order valence-electron chi connectivity index (χ0n) is 13.8. The van der Waals surface area contributed by atoms with Crippen molar-refractivity contribution in [2.24, 2.45) is 0 Å². The summed E-state index contributed by atoms with van der Waals surface area (Å²) in [6.07, 6.45) is 3.21. The van der Waals surface area contributed by atoms with Crippen molar-refractivity contribution >= 4 is 73.6 Å². The number of hydrogen-bond acceptors (Lipinski definition) is 4. The first-order chi connectivity index (χ1) is 12.7. The van der Waals surface area contributed by atoms with Crippen molar-refractivity contribution < 1.29 is 17.9 Å². The van der Waals surface area contributed by atoms with Gasteiger partial charge in [-0.15, -0.1) is 0 Å². The van der Waals surface area contributed by atoms with Gasteiger partial charge in [0.2, 0.25) is 9.84 Å². The van der Waals surface area contributed by atoms with Crippen LogP contribution in [-0.2, 0) is 9.84 Å². The van der Waals surface area contributed by atoms with E-state index in [4.69, 9.17) is 9.47 Å². The zero-order valence-corrected chi connectivity index (χ0v) is 21.0. The van der Waals surface area contributed by atoms with Crippen LogP contribution in [0.25, 0.3) is 0 Å². The first-order valence-electron chi connectivity index (χ1n) is 7.43. The topological polar surface area (TPSA) is 52.6 Å². The predicted molar refractivity (Wildman–Crippen MR) is 121 cm³/mol. The Morgan fingerprint density at radius 1 is 0.741 bits per heavy atom. The van der Waals surface area contributed by atoms with Crippen LogP contribution in [0.5, 0.6) is 11.5 Å². The number of benzene rings is 2. The fourth-order valence-corrected chi connectivity index (χ4v) is 6.88. The van der Waals surface area contributed by atoms with Gasteiger partial charge in [-0.25, -0.2) is 8.42 Å². The second-order valence-electron chi connectivity index (χ2n) is 5.13. The molecule has 0 amide bonds. The van der Waals surface area contributed by atoms with E-state index in [1.807, 2.05) is 0 Å². The third-order valence-electron chi connectivity index (χ3n) is 3.26. The van der Waals surface area contributed by atoms with Crippen LogP contribution >= 0.6 is 63.7 Å². The minimum absolute atomic E-state index is 0.116. The van der Waals surface area contributed by atoms with Gasteiger partial charge in [0, 0.05) is 0 Å². The second-order valence-corrected chi connectivity index (χ2v) is 10.5. The van der Waals surface area contributed by atoms with E-state index in [9.17, 15) is 8.42 Å². The largest absolute Gasteiger partial charge is 0.487 e. The SMILES string of the molecule is C=CCOc1c(Br)cc(S(=O)(=O)c2cc(Br)c(OCC=C)c(Br)c2)cc1Br. The molecule has 0 fully saturated rings. The van der Waals surface area contributed by atoms with E-state index in [1.54, 1.807) is 12.2 Å². The van der Waals surface area contributed by atoms with Crippen LogP contribution in [0.1, 0.15) is 0 Å². The lowest BCUT2D eigenvalue weighted by Crippen LogP contribution is -2.05. The van der Waals surface area contributed by atoms with Crippen molar-refractivity contribution in [1.29, 1.82) is 0 Å². The molecule has 0 aliphatic carbocycles. The summed E-state index contributed by atoms with van der Waals surface area (Å²) < 4.78 is 39.3. The smallest absolute Gasteiger partial charge is 0.206 e. The molecule has 0 radical (unpaired) electrons. The van der Waals surface area contributed by atoms with E-state index < -0.39 is 9.84 Å². The highest BCUT2D eigenvalue weighted by molar-refractivity contribution is 9.11. The minimum Gasteiger partial charge on any atom is -0.487 e. The molecule has 0 saturated heterocycles. The van der Waals surface area contributed by atoms with Crippen LogP contribution in [0.15, 0.2) is 77.3 Å². The molecule has 2 aromatic rings. The Labute approximate surface area is 192 Å². The summed E-state index contributed by atoms with van der Waals surface area (Å²) in [4.78, 5) is 0.233.